The van der Waals surface area contributed by atoms with E-state index in [0.29, 0.717) is 18.9 Å². The average molecular weight is 308 g/mol. The average Bonchev–Trinajstić information content (AvgIpc) is 2.56. The highest BCUT2D eigenvalue weighted by Gasteiger charge is 2.35. The van der Waals surface area contributed by atoms with Crippen LogP contribution in [0.4, 0.5) is 0 Å². The molecule has 1 heterocycles. The number of likely N-dealkylation sites (tertiary alicyclic amines) is 1. The van der Waals surface area contributed by atoms with Crippen LogP contribution in [-0.4, -0.2) is 41.1 Å². The van der Waals surface area contributed by atoms with Gasteiger partial charge in [0, 0.05) is 18.5 Å². The molecule has 0 radical (unpaired) electrons. The topological polar surface area (TPSA) is 66.5 Å². The summed E-state index contributed by atoms with van der Waals surface area (Å²) in [5.74, 6) is -1.29. The SMILES string of the molecule is CCC(C)C(=O)C(=O)NC1CCCN(C2CCCCC2)C1=O. The molecular weight excluding hydrogens is 280 g/mol. The van der Waals surface area contributed by atoms with E-state index in [-0.39, 0.29) is 11.8 Å². The van der Waals surface area contributed by atoms with Crippen molar-refractivity contribution in [3.8, 4) is 0 Å². The van der Waals surface area contributed by atoms with Gasteiger partial charge in [-0.1, -0.05) is 33.1 Å². The molecule has 5 nitrogen and oxygen atoms in total. The van der Waals surface area contributed by atoms with Crippen LogP contribution < -0.4 is 5.32 Å². The lowest BCUT2D eigenvalue weighted by Gasteiger charge is -2.39. The molecule has 124 valence electrons. The van der Waals surface area contributed by atoms with Gasteiger partial charge < -0.3 is 10.2 Å². The molecule has 2 atom stereocenters. The molecule has 1 aliphatic heterocycles. The fraction of sp³-hybridized carbons (Fsp3) is 0.824. The second kappa shape index (κ2) is 7.75. The highest BCUT2D eigenvalue weighted by Crippen LogP contribution is 2.26. The Morgan fingerprint density at radius 2 is 1.86 bits per heavy atom. The Labute approximate surface area is 132 Å². The van der Waals surface area contributed by atoms with Gasteiger partial charge in [-0.25, -0.2) is 0 Å². The number of hydrogen-bond acceptors (Lipinski definition) is 3. The van der Waals surface area contributed by atoms with Gasteiger partial charge in [-0.05, 0) is 32.1 Å². The van der Waals surface area contributed by atoms with E-state index in [1.54, 1.807) is 6.92 Å². The van der Waals surface area contributed by atoms with Crippen molar-refractivity contribution in [2.75, 3.05) is 6.54 Å². The van der Waals surface area contributed by atoms with Crippen molar-refractivity contribution in [2.24, 2.45) is 5.92 Å². The molecule has 0 spiro atoms. The predicted octanol–water partition coefficient (Wildman–Crippen LogP) is 2.04. The van der Waals surface area contributed by atoms with Gasteiger partial charge in [0.1, 0.15) is 6.04 Å². The van der Waals surface area contributed by atoms with Crippen molar-refractivity contribution < 1.29 is 14.4 Å². The Hall–Kier alpha value is -1.39. The summed E-state index contributed by atoms with van der Waals surface area (Å²) in [6, 6.07) is -0.192. The van der Waals surface area contributed by atoms with Crippen LogP contribution >= 0.6 is 0 Å². The molecule has 5 heteroatoms. The number of Topliss-reactive ketones (excluding diaryl/α,β-unsaturated/α-hetero) is 1. The number of amides is 2. The highest BCUT2D eigenvalue weighted by atomic mass is 16.2. The molecule has 2 aliphatic rings. The van der Waals surface area contributed by atoms with Crippen molar-refractivity contribution in [3.05, 3.63) is 0 Å². The molecule has 1 saturated carbocycles. The van der Waals surface area contributed by atoms with Gasteiger partial charge in [0.15, 0.2) is 0 Å². The van der Waals surface area contributed by atoms with Crippen LogP contribution in [0.25, 0.3) is 0 Å². The Morgan fingerprint density at radius 1 is 1.18 bits per heavy atom. The minimum atomic E-state index is -0.599. The fourth-order valence-corrected chi connectivity index (χ4v) is 3.43. The molecule has 1 saturated heterocycles. The van der Waals surface area contributed by atoms with Crippen LogP contribution in [-0.2, 0) is 14.4 Å². The third-order valence-electron chi connectivity index (χ3n) is 5.08. The Balaban J connectivity index is 1.95. The number of carbonyl (C=O) groups excluding carboxylic acids is 3. The van der Waals surface area contributed by atoms with Gasteiger partial charge in [-0.2, -0.15) is 0 Å². The molecule has 2 rings (SSSR count). The van der Waals surface area contributed by atoms with Gasteiger partial charge in [0.05, 0.1) is 0 Å². The van der Waals surface area contributed by atoms with E-state index in [9.17, 15) is 14.4 Å². The summed E-state index contributed by atoms with van der Waals surface area (Å²) in [6.45, 7) is 4.42. The van der Waals surface area contributed by atoms with E-state index in [1.165, 1.54) is 19.3 Å². The van der Waals surface area contributed by atoms with Crippen LogP contribution in [0.2, 0.25) is 0 Å². The maximum Gasteiger partial charge on any atom is 0.288 e. The lowest BCUT2D eigenvalue weighted by Crippen LogP contribution is -2.56. The quantitative estimate of drug-likeness (QED) is 0.790. The summed E-state index contributed by atoms with van der Waals surface area (Å²) in [6.07, 6.45) is 7.92. The molecule has 2 unspecified atom stereocenters. The summed E-state index contributed by atoms with van der Waals surface area (Å²) in [7, 11) is 0. The standard InChI is InChI=1S/C17H28N2O3/c1-3-12(2)15(20)16(21)18-14-10-7-11-19(17(14)22)13-8-5-4-6-9-13/h12-14H,3-11H2,1-2H3,(H,18,21). The first kappa shape index (κ1) is 17.0. The van der Waals surface area contributed by atoms with E-state index in [2.05, 4.69) is 5.32 Å². The number of nitrogens with one attached hydrogen (secondary N) is 1. The molecule has 22 heavy (non-hydrogen) atoms. The van der Waals surface area contributed by atoms with Gasteiger partial charge >= 0.3 is 0 Å². The van der Waals surface area contributed by atoms with Gasteiger partial charge in [-0.3, -0.25) is 14.4 Å². The zero-order chi connectivity index (χ0) is 16.1. The second-order valence-electron chi connectivity index (χ2n) is 6.67. The first-order chi connectivity index (χ1) is 10.5. The molecule has 0 aromatic rings. The first-order valence-electron chi connectivity index (χ1n) is 8.69. The summed E-state index contributed by atoms with van der Waals surface area (Å²) in [4.78, 5) is 38.5. The van der Waals surface area contributed by atoms with Crippen molar-refractivity contribution in [1.29, 1.82) is 0 Å². The summed E-state index contributed by atoms with van der Waals surface area (Å²) in [5, 5.41) is 2.67. The number of rotatable bonds is 5. The normalized spacial score (nSPS) is 24.9. The number of hydrogen-bond donors (Lipinski definition) is 1. The van der Waals surface area contributed by atoms with Crippen LogP contribution in [0.1, 0.15) is 65.2 Å². The van der Waals surface area contributed by atoms with E-state index in [1.807, 2.05) is 11.8 Å². The number of piperidine rings is 1. The van der Waals surface area contributed by atoms with Crippen molar-refractivity contribution in [3.63, 3.8) is 0 Å². The maximum atomic E-state index is 12.6. The zero-order valence-electron chi connectivity index (χ0n) is 13.8. The predicted molar refractivity (Wildman–Crippen MR) is 84.2 cm³/mol. The Morgan fingerprint density at radius 3 is 2.50 bits per heavy atom. The van der Waals surface area contributed by atoms with E-state index in [4.69, 9.17) is 0 Å². The molecule has 1 N–H and O–H groups in total. The third kappa shape index (κ3) is 3.87. The molecule has 0 aromatic carbocycles. The second-order valence-corrected chi connectivity index (χ2v) is 6.67. The van der Waals surface area contributed by atoms with E-state index >= 15 is 0 Å². The summed E-state index contributed by atoms with van der Waals surface area (Å²) >= 11 is 0. The van der Waals surface area contributed by atoms with Crippen LogP contribution in [0, 0.1) is 5.92 Å². The van der Waals surface area contributed by atoms with Crippen LogP contribution in [0.3, 0.4) is 0 Å². The highest BCUT2D eigenvalue weighted by molar-refractivity contribution is 6.37. The fourth-order valence-electron chi connectivity index (χ4n) is 3.43. The largest absolute Gasteiger partial charge is 0.338 e. The van der Waals surface area contributed by atoms with Crippen molar-refractivity contribution in [2.45, 2.75) is 77.3 Å². The van der Waals surface area contributed by atoms with Crippen LogP contribution in [0.5, 0.6) is 0 Å². The molecule has 0 bridgehead atoms. The van der Waals surface area contributed by atoms with Crippen molar-refractivity contribution >= 4 is 17.6 Å². The number of carbonyl (C=O) groups is 3. The summed E-state index contributed by atoms with van der Waals surface area (Å²) < 4.78 is 0. The Bertz CT molecular complexity index is 430. The zero-order valence-corrected chi connectivity index (χ0v) is 13.8. The molecule has 2 amide bonds. The van der Waals surface area contributed by atoms with E-state index in [0.717, 1.165) is 25.8 Å². The third-order valence-corrected chi connectivity index (χ3v) is 5.08. The first-order valence-corrected chi connectivity index (χ1v) is 8.69. The van der Waals surface area contributed by atoms with E-state index < -0.39 is 17.7 Å². The number of nitrogens with zero attached hydrogens (tertiary/aromatic N) is 1. The lowest BCUT2D eigenvalue weighted by molar-refractivity contribution is -0.145. The minimum absolute atomic E-state index is 0.00320. The van der Waals surface area contributed by atoms with Gasteiger partial charge in [-0.15, -0.1) is 0 Å². The van der Waals surface area contributed by atoms with Gasteiger partial charge in [0.25, 0.3) is 5.91 Å². The van der Waals surface area contributed by atoms with Crippen LogP contribution in [0.15, 0.2) is 0 Å². The Kier molecular flexibility index (Phi) is 5.98. The maximum absolute atomic E-state index is 12.6. The monoisotopic (exact) mass is 308 g/mol. The molecular formula is C17H28N2O3. The molecule has 0 aromatic heterocycles. The molecule has 1 aliphatic carbocycles. The smallest absolute Gasteiger partial charge is 0.288 e. The number of ketones is 1. The minimum Gasteiger partial charge on any atom is -0.338 e. The molecule has 2 fully saturated rings. The van der Waals surface area contributed by atoms with Gasteiger partial charge in [0.2, 0.25) is 11.7 Å². The lowest BCUT2D eigenvalue weighted by atomic mass is 9.91. The van der Waals surface area contributed by atoms with Crippen molar-refractivity contribution in [1.82, 2.24) is 10.2 Å². The summed E-state index contributed by atoms with van der Waals surface area (Å²) in [5.41, 5.74) is 0.